The second-order valence-electron chi connectivity index (χ2n) is 5.88. The molecular formula is C18H17ClN2O3. The first-order chi connectivity index (χ1) is 11.5. The highest BCUT2D eigenvalue weighted by atomic mass is 35.5. The molecule has 0 spiro atoms. The number of aryl methyl sites for hydroxylation is 1. The number of hydrogen-bond donors (Lipinski definition) is 0. The Morgan fingerprint density at radius 2 is 2.08 bits per heavy atom. The van der Waals surface area contributed by atoms with Gasteiger partial charge in [-0.05, 0) is 43.7 Å². The monoisotopic (exact) mass is 344 g/mol. The highest BCUT2D eigenvalue weighted by Crippen LogP contribution is 2.46. The topological polar surface area (TPSA) is 61.3 Å². The first kappa shape index (κ1) is 16.5. The second kappa shape index (κ2) is 6.61. The van der Waals surface area contributed by atoms with Gasteiger partial charge in [0.1, 0.15) is 5.75 Å². The number of ether oxygens (including phenoxy) is 2. The van der Waals surface area contributed by atoms with Crippen LogP contribution in [0.4, 0.5) is 0 Å². The molecule has 124 valence electrons. The number of halogens is 1. The van der Waals surface area contributed by atoms with Crippen molar-refractivity contribution in [2.24, 2.45) is 0 Å². The standard InChI is InChI=1S/C18H17ClN2O3/c1-10(2)18(22)23-14-9-15(19)20-21-17(14)24-16-11(3)5-4-6-13(16)12-7-8-12/h4-6,9,12H,1,7-8H2,2-3H3. The van der Waals surface area contributed by atoms with Gasteiger partial charge in [-0.1, -0.05) is 36.4 Å². The summed E-state index contributed by atoms with van der Waals surface area (Å²) in [4.78, 5) is 11.8. The van der Waals surface area contributed by atoms with Gasteiger partial charge in [0.05, 0.1) is 0 Å². The maximum Gasteiger partial charge on any atom is 0.338 e. The predicted molar refractivity (Wildman–Crippen MR) is 90.7 cm³/mol. The fraction of sp³-hybridized carbons (Fsp3) is 0.278. The van der Waals surface area contributed by atoms with E-state index in [9.17, 15) is 4.79 Å². The average molecular weight is 345 g/mol. The zero-order chi connectivity index (χ0) is 17.3. The average Bonchev–Trinajstić information content (AvgIpc) is 3.36. The summed E-state index contributed by atoms with van der Waals surface area (Å²) in [5.41, 5.74) is 2.38. The lowest BCUT2D eigenvalue weighted by atomic mass is 10.1. The molecule has 5 nitrogen and oxygen atoms in total. The third kappa shape index (κ3) is 3.57. The molecule has 1 aliphatic carbocycles. The molecule has 1 aliphatic rings. The first-order valence-corrected chi connectivity index (χ1v) is 8.01. The summed E-state index contributed by atoms with van der Waals surface area (Å²) >= 11 is 5.86. The lowest BCUT2D eigenvalue weighted by molar-refractivity contribution is -0.130. The van der Waals surface area contributed by atoms with Crippen LogP contribution in [0, 0.1) is 6.92 Å². The van der Waals surface area contributed by atoms with Crippen LogP contribution in [0.15, 0.2) is 36.4 Å². The van der Waals surface area contributed by atoms with Crippen molar-refractivity contribution < 1.29 is 14.3 Å². The van der Waals surface area contributed by atoms with E-state index >= 15 is 0 Å². The van der Waals surface area contributed by atoms with Gasteiger partial charge in [-0.25, -0.2) is 4.79 Å². The zero-order valence-electron chi connectivity index (χ0n) is 13.5. The molecule has 2 aromatic rings. The Morgan fingerprint density at radius 3 is 2.75 bits per heavy atom. The molecule has 0 atom stereocenters. The third-order valence-corrected chi connectivity index (χ3v) is 3.89. The summed E-state index contributed by atoms with van der Waals surface area (Å²) in [6.07, 6.45) is 2.28. The quantitative estimate of drug-likeness (QED) is 0.586. The van der Waals surface area contributed by atoms with Crippen LogP contribution in [-0.2, 0) is 4.79 Å². The molecule has 3 rings (SSSR count). The highest BCUT2D eigenvalue weighted by Gasteiger charge is 2.28. The van der Waals surface area contributed by atoms with E-state index in [-0.39, 0.29) is 22.4 Å². The van der Waals surface area contributed by atoms with Crippen LogP contribution in [0.25, 0.3) is 0 Å². The van der Waals surface area contributed by atoms with Gasteiger partial charge >= 0.3 is 5.97 Å². The van der Waals surface area contributed by atoms with Crippen molar-refractivity contribution in [2.45, 2.75) is 32.6 Å². The van der Waals surface area contributed by atoms with Crippen molar-refractivity contribution in [2.75, 3.05) is 0 Å². The van der Waals surface area contributed by atoms with Crippen molar-refractivity contribution in [1.82, 2.24) is 10.2 Å². The van der Waals surface area contributed by atoms with Crippen molar-refractivity contribution >= 4 is 17.6 Å². The number of carbonyl (C=O) groups is 1. The number of hydrogen-bond acceptors (Lipinski definition) is 5. The van der Waals surface area contributed by atoms with Crippen LogP contribution in [0.2, 0.25) is 5.15 Å². The lowest BCUT2D eigenvalue weighted by Gasteiger charge is -2.14. The van der Waals surface area contributed by atoms with E-state index < -0.39 is 5.97 Å². The summed E-state index contributed by atoms with van der Waals surface area (Å²) in [5, 5.41) is 7.83. The van der Waals surface area contributed by atoms with Crippen LogP contribution in [-0.4, -0.2) is 16.2 Å². The maximum atomic E-state index is 11.8. The van der Waals surface area contributed by atoms with Crippen LogP contribution >= 0.6 is 11.6 Å². The maximum absolute atomic E-state index is 11.8. The number of benzene rings is 1. The van der Waals surface area contributed by atoms with Gasteiger partial charge in [-0.15, -0.1) is 10.2 Å². The molecule has 24 heavy (non-hydrogen) atoms. The van der Waals surface area contributed by atoms with E-state index in [0.29, 0.717) is 5.92 Å². The summed E-state index contributed by atoms with van der Waals surface area (Å²) in [6, 6.07) is 7.41. The lowest BCUT2D eigenvalue weighted by Crippen LogP contribution is -2.10. The first-order valence-electron chi connectivity index (χ1n) is 7.64. The number of carbonyl (C=O) groups excluding carboxylic acids is 1. The van der Waals surface area contributed by atoms with Gasteiger partial charge in [0, 0.05) is 11.6 Å². The fourth-order valence-electron chi connectivity index (χ4n) is 2.30. The van der Waals surface area contributed by atoms with Crippen LogP contribution in [0.3, 0.4) is 0 Å². The molecule has 0 N–H and O–H groups in total. The molecule has 1 aromatic heterocycles. The SMILES string of the molecule is C=C(C)C(=O)Oc1cc(Cl)nnc1Oc1c(C)cccc1C1CC1. The van der Waals surface area contributed by atoms with Crippen molar-refractivity contribution in [3.63, 3.8) is 0 Å². The van der Waals surface area contributed by atoms with Crippen LogP contribution < -0.4 is 9.47 Å². The van der Waals surface area contributed by atoms with Gasteiger partial charge in [-0.2, -0.15) is 0 Å². The summed E-state index contributed by atoms with van der Waals surface area (Å²) in [7, 11) is 0. The van der Waals surface area contributed by atoms with E-state index in [4.69, 9.17) is 21.1 Å². The van der Waals surface area contributed by atoms with Gasteiger partial charge in [0.2, 0.25) is 0 Å². The molecule has 0 aliphatic heterocycles. The van der Waals surface area contributed by atoms with Crippen molar-refractivity contribution in [1.29, 1.82) is 0 Å². The van der Waals surface area contributed by atoms with Crippen molar-refractivity contribution in [3.8, 4) is 17.4 Å². The third-order valence-electron chi connectivity index (χ3n) is 3.71. The van der Waals surface area contributed by atoms with E-state index in [0.717, 1.165) is 29.7 Å². The molecule has 0 radical (unpaired) electrons. The Kier molecular flexibility index (Phi) is 4.53. The second-order valence-corrected chi connectivity index (χ2v) is 6.26. The molecule has 0 amide bonds. The molecular weight excluding hydrogens is 328 g/mol. The number of esters is 1. The van der Waals surface area contributed by atoms with E-state index in [1.54, 1.807) is 6.92 Å². The molecule has 0 unspecified atom stereocenters. The van der Waals surface area contributed by atoms with Crippen molar-refractivity contribution in [3.05, 3.63) is 52.7 Å². The summed E-state index contributed by atoms with van der Waals surface area (Å²) < 4.78 is 11.2. The zero-order valence-corrected chi connectivity index (χ0v) is 14.3. The summed E-state index contributed by atoms with van der Waals surface area (Å²) in [5.74, 6) is 0.875. The molecule has 1 saturated carbocycles. The molecule has 1 aromatic carbocycles. The Bertz CT molecular complexity index is 816. The number of para-hydroxylation sites is 1. The Hall–Kier alpha value is -2.40. The fourth-order valence-corrected chi connectivity index (χ4v) is 2.44. The van der Waals surface area contributed by atoms with Gasteiger partial charge in [0.25, 0.3) is 5.88 Å². The summed E-state index contributed by atoms with van der Waals surface area (Å²) in [6.45, 7) is 7.09. The molecule has 1 fully saturated rings. The largest absolute Gasteiger partial charge is 0.434 e. The minimum Gasteiger partial charge on any atom is -0.434 e. The van der Waals surface area contributed by atoms with Gasteiger partial charge < -0.3 is 9.47 Å². The van der Waals surface area contributed by atoms with Gasteiger partial charge in [-0.3, -0.25) is 0 Å². The normalized spacial score (nSPS) is 13.5. The highest BCUT2D eigenvalue weighted by molar-refractivity contribution is 6.29. The van der Waals surface area contributed by atoms with E-state index in [1.807, 2.05) is 25.1 Å². The molecule has 0 saturated heterocycles. The van der Waals surface area contributed by atoms with E-state index in [1.165, 1.54) is 6.07 Å². The van der Waals surface area contributed by atoms with Gasteiger partial charge in [0.15, 0.2) is 10.9 Å². The Labute approximate surface area is 145 Å². The molecule has 0 bridgehead atoms. The van der Waals surface area contributed by atoms with Crippen LogP contribution in [0.5, 0.6) is 17.4 Å². The van der Waals surface area contributed by atoms with Crippen LogP contribution in [0.1, 0.15) is 36.8 Å². The number of rotatable bonds is 5. The number of aromatic nitrogens is 2. The Balaban J connectivity index is 1.96. The molecule has 6 heteroatoms. The predicted octanol–water partition coefficient (Wildman–Crippen LogP) is 4.59. The smallest absolute Gasteiger partial charge is 0.338 e. The molecule has 1 heterocycles. The van der Waals surface area contributed by atoms with E-state index in [2.05, 4.69) is 16.8 Å². The number of nitrogens with zero attached hydrogens (tertiary/aromatic N) is 2. The Morgan fingerprint density at radius 1 is 1.33 bits per heavy atom. The minimum atomic E-state index is -0.573. The minimum absolute atomic E-state index is 0.102.